The lowest BCUT2D eigenvalue weighted by molar-refractivity contribution is 0.439. The molecule has 17 heavy (non-hydrogen) atoms. The third-order valence-corrected chi connectivity index (χ3v) is 2.50. The van der Waals surface area contributed by atoms with Gasteiger partial charge in [-0.3, -0.25) is 0 Å². The number of halogens is 1. The lowest BCUT2D eigenvalue weighted by atomic mass is 10.2. The van der Waals surface area contributed by atoms with Crippen LogP contribution in [-0.4, -0.2) is 9.97 Å². The molecule has 0 aliphatic rings. The molecule has 88 valence electrons. The molecule has 0 aliphatic heterocycles. The van der Waals surface area contributed by atoms with Gasteiger partial charge in [-0.15, -0.1) is 0 Å². The van der Waals surface area contributed by atoms with E-state index in [2.05, 4.69) is 9.97 Å². The third kappa shape index (κ3) is 2.93. The molecule has 5 heteroatoms. The third-order valence-electron chi connectivity index (χ3n) is 2.19. The van der Waals surface area contributed by atoms with E-state index in [-0.39, 0.29) is 6.01 Å². The van der Waals surface area contributed by atoms with Gasteiger partial charge in [-0.05, 0) is 30.7 Å². The van der Waals surface area contributed by atoms with Gasteiger partial charge in [0, 0.05) is 12.7 Å². The molecule has 0 atom stereocenters. The summed E-state index contributed by atoms with van der Waals surface area (Å²) in [5.74, 6) is 0.542. The number of benzene rings is 1. The van der Waals surface area contributed by atoms with Crippen molar-refractivity contribution in [1.29, 1.82) is 0 Å². The van der Waals surface area contributed by atoms with E-state index in [1.54, 1.807) is 18.3 Å². The Morgan fingerprint density at radius 3 is 2.94 bits per heavy atom. The minimum Gasteiger partial charge on any atom is -0.423 e. The van der Waals surface area contributed by atoms with Crippen molar-refractivity contribution in [2.45, 2.75) is 13.5 Å². The van der Waals surface area contributed by atoms with Gasteiger partial charge in [-0.2, -0.15) is 4.98 Å². The van der Waals surface area contributed by atoms with Crippen molar-refractivity contribution < 1.29 is 4.74 Å². The van der Waals surface area contributed by atoms with E-state index in [4.69, 9.17) is 22.1 Å². The zero-order chi connectivity index (χ0) is 12.3. The van der Waals surface area contributed by atoms with Crippen molar-refractivity contribution in [2.75, 3.05) is 0 Å². The molecule has 1 heterocycles. The minimum absolute atomic E-state index is 0.250. The molecule has 0 spiro atoms. The number of rotatable bonds is 3. The summed E-state index contributed by atoms with van der Waals surface area (Å²) < 4.78 is 5.52. The van der Waals surface area contributed by atoms with E-state index in [0.717, 1.165) is 11.3 Å². The van der Waals surface area contributed by atoms with Crippen LogP contribution in [0, 0.1) is 6.92 Å². The van der Waals surface area contributed by atoms with Crippen LogP contribution in [0.1, 0.15) is 11.3 Å². The Labute approximate surface area is 104 Å². The SMILES string of the molecule is Cc1ccc(Cl)c(Oc2nccc(CN)n2)c1. The largest absolute Gasteiger partial charge is 0.423 e. The lowest BCUT2D eigenvalue weighted by Gasteiger charge is -2.07. The highest BCUT2D eigenvalue weighted by molar-refractivity contribution is 6.32. The second kappa shape index (κ2) is 5.12. The number of ether oxygens (including phenoxy) is 1. The fourth-order valence-corrected chi connectivity index (χ4v) is 1.48. The maximum atomic E-state index is 6.01. The van der Waals surface area contributed by atoms with Gasteiger partial charge in [0.2, 0.25) is 0 Å². The number of hydrogen-bond donors (Lipinski definition) is 1. The molecule has 0 radical (unpaired) electrons. The molecule has 0 unspecified atom stereocenters. The molecule has 1 aromatic heterocycles. The molecule has 0 saturated carbocycles. The lowest BCUT2D eigenvalue weighted by Crippen LogP contribution is -2.01. The Morgan fingerprint density at radius 2 is 2.18 bits per heavy atom. The summed E-state index contributed by atoms with van der Waals surface area (Å²) in [6.45, 7) is 2.31. The average molecular weight is 250 g/mol. The van der Waals surface area contributed by atoms with Crippen molar-refractivity contribution >= 4 is 11.6 Å². The van der Waals surface area contributed by atoms with E-state index >= 15 is 0 Å². The van der Waals surface area contributed by atoms with Gasteiger partial charge < -0.3 is 10.5 Å². The molecule has 0 saturated heterocycles. The summed E-state index contributed by atoms with van der Waals surface area (Å²) in [6, 6.07) is 7.51. The quantitative estimate of drug-likeness (QED) is 0.909. The Bertz CT molecular complexity index is 531. The molecule has 2 rings (SSSR count). The van der Waals surface area contributed by atoms with Crippen LogP contribution >= 0.6 is 11.6 Å². The molecule has 0 amide bonds. The first-order valence-electron chi connectivity index (χ1n) is 5.15. The maximum Gasteiger partial charge on any atom is 0.322 e. The predicted molar refractivity (Wildman–Crippen MR) is 66.2 cm³/mol. The number of aromatic nitrogens is 2. The van der Waals surface area contributed by atoms with E-state index in [1.807, 2.05) is 19.1 Å². The van der Waals surface area contributed by atoms with Crippen molar-refractivity contribution in [1.82, 2.24) is 9.97 Å². The van der Waals surface area contributed by atoms with Gasteiger partial charge in [-0.1, -0.05) is 17.7 Å². The summed E-state index contributed by atoms with van der Waals surface area (Å²) >= 11 is 6.01. The number of aryl methyl sites for hydroxylation is 1. The van der Waals surface area contributed by atoms with Gasteiger partial charge in [0.15, 0.2) is 0 Å². The van der Waals surface area contributed by atoms with Crippen molar-refractivity contribution in [2.24, 2.45) is 5.73 Å². The van der Waals surface area contributed by atoms with Crippen LogP contribution in [0.5, 0.6) is 11.8 Å². The van der Waals surface area contributed by atoms with E-state index in [0.29, 0.717) is 17.3 Å². The molecular formula is C12H12ClN3O. The smallest absolute Gasteiger partial charge is 0.322 e. The summed E-state index contributed by atoms with van der Waals surface area (Å²) in [5.41, 5.74) is 7.27. The fraction of sp³-hybridized carbons (Fsp3) is 0.167. The predicted octanol–water partition coefficient (Wildman–Crippen LogP) is 2.69. The Kier molecular flexibility index (Phi) is 3.56. The van der Waals surface area contributed by atoms with E-state index in [1.165, 1.54) is 0 Å². The standard InChI is InChI=1S/C12H12ClN3O/c1-8-2-3-10(13)11(6-8)17-12-15-5-4-9(7-14)16-12/h2-6H,7,14H2,1H3. The molecular weight excluding hydrogens is 238 g/mol. The number of hydrogen-bond acceptors (Lipinski definition) is 4. The zero-order valence-corrected chi connectivity index (χ0v) is 10.1. The van der Waals surface area contributed by atoms with Crippen LogP contribution in [-0.2, 0) is 6.54 Å². The van der Waals surface area contributed by atoms with Gasteiger partial charge in [-0.25, -0.2) is 4.98 Å². The Hall–Kier alpha value is -1.65. The number of nitrogens with zero attached hydrogens (tertiary/aromatic N) is 2. The first-order chi connectivity index (χ1) is 8.19. The molecule has 1 aromatic carbocycles. The monoisotopic (exact) mass is 249 g/mol. The highest BCUT2D eigenvalue weighted by Crippen LogP contribution is 2.28. The summed E-state index contributed by atoms with van der Waals surface area (Å²) in [5, 5.41) is 0.525. The summed E-state index contributed by atoms with van der Waals surface area (Å²) in [7, 11) is 0. The molecule has 2 aromatic rings. The topological polar surface area (TPSA) is 61.0 Å². The number of nitrogens with two attached hydrogens (primary N) is 1. The van der Waals surface area contributed by atoms with Crippen LogP contribution < -0.4 is 10.5 Å². The van der Waals surface area contributed by atoms with Gasteiger partial charge in [0.25, 0.3) is 0 Å². The van der Waals surface area contributed by atoms with E-state index in [9.17, 15) is 0 Å². The van der Waals surface area contributed by atoms with Crippen LogP contribution in [0.15, 0.2) is 30.5 Å². The fourth-order valence-electron chi connectivity index (χ4n) is 1.33. The molecule has 0 aliphatic carbocycles. The minimum atomic E-state index is 0.250. The zero-order valence-electron chi connectivity index (χ0n) is 9.35. The second-order valence-electron chi connectivity index (χ2n) is 3.57. The van der Waals surface area contributed by atoms with Crippen LogP contribution in [0.2, 0.25) is 5.02 Å². The highest BCUT2D eigenvalue weighted by Gasteiger charge is 2.06. The van der Waals surface area contributed by atoms with Crippen LogP contribution in [0.3, 0.4) is 0 Å². The molecule has 0 bridgehead atoms. The Morgan fingerprint density at radius 1 is 1.35 bits per heavy atom. The molecule has 0 fully saturated rings. The Balaban J connectivity index is 2.27. The second-order valence-corrected chi connectivity index (χ2v) is 3.98. The normalized spacial score (nSPS) is 10.3. The van der Waals surface area contributed by atoms with Crippen LogP contribution in [0.4, 0.5) is 0 Å². The summed E-state index contributed by atoms with van der Waals surface area (Å²) in [4.78, 5) is 8.15. The van der Waals surface area contributed by atoms with E-state index < -0.39 is 0 Å². The first-order valence-corrected chi connectivity index (χ1v) is 5.53. The summed E-state index contributed by atoms with van der Waals surface area (Å²) in [6.07, 6.45) is 1.61. The van der Waals surface area contributed by atoms with Crippen molar-refractivity contribution in [3.63, 3.8) is 0 Å². The van der Waals surface area contributed by atoms with Gasteiger partial charge in [0.05, 0.1) is 10.7 Å². The van der Waals surface area contributed by atoms with Gasteiger partial charge in [0.1, 0.15) is 5.75 Å². The van der Waals surface area contributed by atoms with Crippen molar-refractivity contribution in [3.8, 4) is 11.8 Å². The van der Waals surface area contributed by atoms with Crippen LogP contribution in [0.25, 0.3) is 0 Å². The first kappa shape index (κ1) is 11.8. The average Bonchev–Trinajstić information content (AvgIpc) is 2.34. The molecule has 4 nitrogen and oxygen atoms in total. The maximum absolute atomic E-state index is 6.01. The van der Waals surface area contributed by atoms with Gasteiger partial charge >= 0.3 is 6.01 Å². The molecule has 2 N–H and O–H groups in total. The van der Waals surface area contributed by atoms with Crippen molar-refractivity contribution in [3.05, 3.63) is 46.7 Å². The highest BCUT2D eigenvalue weighted by atomic mass is 35.5.